The predicted molar refractivity (Wildman–Crippen MR) is 105 cm³/mol. The van der Waals surface area contributed by atoms with Crippen molar-refractivity contribution in [2.75, 3.05) is 54.1 Å². The molecule has 6 heteroatoms. The minimum atomic E-state index is 0.0555. The summed E-state index contributed by atoms with van der Waals surface area (Å²) in [6, 6.07) is 5.54. The molecule has 2 aliphatic rings. The van der Waals surface area contributed by atoms with Gasteiger partial charge in [0.2, 0.25) is 0 Å². The molecular weight excluding hydrogens is 344 g/mol. The fraction of sp³-hybridized carbons (Fsp3) is 0.667. The topological polar surface area (TPSA) is 51.2 Å². The third kappa shape index (κ3) is 5.14. The number of hydrogen-bond donors (Lipinski definition) is 0. The molecule has 1 atom stereocenters. The van der Waals surface area contributed by atoms with E-state index in [2.05, 4.69) is 11.9 Å². The summed E-state index contributed by atoms with van der Waals surface area (Å²) in [5.74, 6) is 1.83. The molecule has 150 valence electrons. The van der Waals surface area contributed by atoms with Gasteiger partial charge in [-0.1, -0.05) is 0 Å². The van der Waals surface area contributed by atoms with Crippen molar-refractivity contribution < 1.29 is 19.0 Å². The van der Waals surface area contributed by atoms with Crippen molar-refractivity contribution >= 4 is 5.91 Å². The quantitative estimate of drug-likeness (QED) is 0.764. The van der Waals surface area contributed by atoms with Gasteiger partial charge in [0.1, 0.15) is 6.10 Å². The summed E-state index contributed by atoms with van der Waals surface area (Å²) < 4.78 is 17.0. The molecule has 2 saturated heterocycles. The second kappa shape index (κ2) is 9.42. The standard InChI is InChI=1S/C21H32N2O4/c1-22-11-8-18(9-12-22)27-19-7-6-17(13-20(19)26-3)21(24)23-10-4-5-16(14-23)15-25-2/h6-7,13,16,18H,4-5,8-12,14-15H2,1-3H3/t16-/m1/s1. The smallest absolute Gasteiger partial charge is 0.254 e. The van der Waals surface area contributed by atoms with Crippen molar-refractivity contribution in [3.63, 3.8) is 0 Å². The summed E-state index contributed by atoms with van der Waals surface area (Å²) in [6.07, 6.45) is 4.36. The molecule has 0 aliphatic carbocycles. The maximum atomic E-state index is 12.9. The van der Waals surface area contributed by atoms with Gasteiger partial charge in [0.05, 0.1) is 13.7 Å². The SMILES string of the molecule is COC[C@@H]1CCCN(C(=O)c2ccc(OC3CCN(C)CC3)c(OC)c2)C1. The lowest BCUT2D eigenvalue weighted by Gasteiger charge is -2.32. The van der Waals surface area contributed by atoms with Gasteiger partial charge in [-0.2, -0.15) is 0 Å². The van der Waals surface area contributed by atoms with Crippen LogP contribution in [-0.4, -0.2) is 75.9 Å². The van der Waals surface area contributed by atoms with Crippen LogP contribution < -0.4 is 9.47 Å². The van der Waals surface area contributed by atoms with Crippen LogP contribution in [0.2, 0.25) is 0 Å². The molecule has 0 bridgehead atoms. The highest BCUT2D eigenvalue weighted by atomic mass is 16.5. The van der Waals surface area contributed by atoms with E-state index in [1.54, 1.807) is 14.2 Å². The molecule has 2 fully saturated rings. The maximum Gasteiger partial charge on any atom is 0.254 e. The van der Waals surface area contributed by atoms with Crippen LogP contribution in [-0.2, 0) is 4.74 Å². The van der Waals surface area contributed by atoms with Gasteiger partial charge in [0.15, 0.2) is 11.5 Å². The highest BCUT2D eigenvalue weighted by molar-refractivity contribution is 5.95. The van der Waals surface area contributed by atoms with Gasteiger partial charge in [-0.15, -0.1) is 0 Å². The molecule has 2 heterocycles. The van der Waals surface area contributed by atoms with E-state index in [4.69, 9.17) is 14.2 Å². The largest absolute Gasteiger partial charge is 0.493 e. The molecule has 27 heavy (non-hydrogen) atoms. The van der Waals surface area contributed by atoms with Crippen molar-refractivity contribution in [3.05, 3.63) is 23.8 Å². The molecule has 1 amide bonds. The number of carbonyl (C=O) groups is 1. The van der Waals surface area contributed by atoms with Gasteiger partial charge in [-0.3, -0.25) is 4.79 Å². The zero-order valence-electron chi connectivity index (χ0n) is 16.8. The molecule has 0 radical (unpaired) electrons. The van der Waals surface area contributed by atoms with Gasteiger partial charge < -0.3 is 24.0 Å². The second-order valence-electron chi connectivity index (χ2n) is 7.70. The molecule has 6 nitrogen and oxygen atoms in total. The van der Waals surface area contributed by atoms with Crippen molar-refractivity contribution in [1.29, 1.82) is 0 Å². The van der Waals surface area contributed by atoms with E-state index in [1.807, 2.05) is 23.1 Å². The van der Waals surface area contributed by atoms with E-state index in [9.17, 15) is 4.79 Å². The molecule has 0 saturated carbocycles. The summed E-state index contributed by atoms with van der Waals surface area (Å²) >= 11 is 0. The molecule has 0 N–H and O–H groups in total. The summed E-state index contributed by atoms with van der Waals surface area (Å²) in [7, 11) is 5.48. The van der Waals surface area contributed by atoms with Crippen molar-refractivity contribution in [2.45, 2.75) is 31.8 Å². The van der Waals surface area contributed by atoms with E-state index in [1.165, 1.54) is 0 Å². The molecule has 3 rings (SSSR count). The van der Waals surface area contributed by atoms with Gasteiger partial charge in [-0.05, 0) is 56.8 Å². The first-order valence-corrected chi connectivity index (χ1v) is 9.92. The normalized spacial score (nSPS) is 21.9. The molecular formula is C21H32N2O4. The molecule has 0 spiro atoms. The maximum absolute atomic E-state index is 12.9. The van der Waals surface area contributed by atoms with Crippen molar-refractivity contribution in [3.8, 4) is 11.5 Å². The van der Waals surface area contributed by atoms with E-state index < -0.39 is 0 Å². The van der Waals surface area contributed by atoms with Crippen LogP contribution in [0.5, 0.6) is 11.5 Å². The third-order valence-corrected chi connectivity index (χ3v) is 5.58. The molecule has 2 aliphatic heterocycles. The Hall–Kier alpha value is -1.79. The number of hydrogen-bond acceptors (Lipinski definition) is 5. The monoisotopic (exact) mass is 376 g/mol. The van der Waals surface area contributed by atoms with Gasteiger partial charge >= 0.3 is 0 Å². The number of rotatable bonds is 6. The summed E-state index contributed by atoms with van der Waals surface area (Å²) in [5, 5.41) is 0. The van der Waals surface area contributed by atoms with Crippen LogP contribution in [0.25, 0.3) is 0 Å². The Morgan fingerprint density at radius 1 is 1.11 bits per heavy atom. The first-order chi connectivity index (χ1) is 13.1. The van der Waals surface area contributed by atoms with Gasteiger partial charge in [-0.25, -0.2) is 0 Å². The van der Waals surface area contributed by atoms with Gasteiger partial charge in [0, 0.05) is 38.9 Å². The predicted octanol–water partition coefficient (Wildman–Crippen LogP) is 2.67. The fourth-order valence-corrected chi connectivity index (χ4v) is 3.98. The Bertz CT molecular complexity index is 627. The number of nitrogens with zero attached hydrogens (tertiary/aromatic N) is 2. The van der Waals surface area contributed by atoms with Crippen molar-refractivity contribution in [1.82, 2.24) is 9.80 Å². The summed E-state index contributed by atoms with van der Waals surface area (Å²) in [6.45, 7) is 4.34. The Morgan fingerprint density at radius 2 is 1.89 bits per heavy atom. The average molecular weight is 376 g/mol. The number of piperidine rings is 2. The number of ether oxygens (including phenoxy) is 3. The summed E-state index contributed by atoms with van der Waals surface area (Å²) in [5.41, 5.74) is 0.653. The first kappa shape index (κ1) is 20.0. The highest BCUT2D eigenvalue weighted by Gasteiger charge is 2.26. The number of likely N-dealkylation sites (tertiary alicyclic amines) is 2. The minimum absolute atomic E-state index is 0.0555. The molecule has 0 aromatic heterocycles. The summed E-state index contributed by atoms with van der Waals surface area (Å²) in [4.78, 5) is 17.2. The second-order valence-corrected chi connectivity index (χ2v) is 7.70. The zero-order valence-corrected chi connectivity index (χ0v) is 16.8. The lowest BCUT2D eigenvalue weighted by molar-refractivity contribution is 0.0570. The van der Waals surface area contributed by atoms with Crippen molar-refractivity contribution in [2.24, 2.45) is 5.92 Å². The highest BCUT2D eigenvalue weighted by Crippen LogP contribution is 2.31. The van der Waals surface area contributed by atoms with E-state index in [0.29, 0.717) is 23.8 Å². The van der Waals surface area contributed by atoms with Crippen LogP contribution in [0.1, 0.15) is 36.0 Å². The van der Waals surface area contributed by atoms with Crippen LogP contribution >= 0.6 is 0 Å². The Labute approximate surface area is 162 Å². The number of benzene rings is 1. The van der Waals surface area contributed by atoms with Gasteiger partial charge in [0.25, 0.3) is 5.91 Å². The Morgan fingerprint density at radius 3 is 2.59 bits per heavy atom. The van der Waals surface area contributed by atoms with E-state index in [-0.39, 0.29) is 12.0 Å². The Balaban J connectivity index is 1.67. The lowest BCUT2D eigenvalue weighted by atomic mass is 9.98. The fourth-order valence-electron chi connectivity index (χ4n) is 3.98. The average Bonchev–Trinajstić information content (AvgIpc) is 2.70. The first-order valence-electron chi connectivity index (χ1n) is 9.92. The third-order valence-electron chi connectivity index (χ3n) is 5.58. The molecule has 1 aromatic rings. The number of amides is 1. The van der Waals surface area contributed by atoms with E-state index in [0.717, 1.165) is 57.6 Å². The lowest BCUT2D eigenvalue weighted by Crippen LogP contribution is -2.41. The van der Waals surface area contributed by atoms with Crippen LogP contribution in [0.3, 0.4) is 0 Å². The minimum Gasteiger partial charge on any atom is -0.493 e. The molecule has 1 aromatic carbocycles. The number of methoxy groups -OCH3 is 2. The molecule has 0 unspecified atom stereocenters. The zero-order chi connectivity index (χ0) is 19.2. The Kier molecular flexibility index (Phi) is 6.96. The van der Waals surface area contributed by atoms with Crippen LogP contribution in [0.15, 0.2) is 18.2 Å². The van der Waals surface area contributed by atoms with Crippen LogP contribution in [0.4, 0.5) is 0 Å². The number of carbonyl (C=O) groups excluding carboxylic acids is 1. The van der Waals surface area contributed by atoms with E-state index >= 15 is 0 Å². The van der Waals surface area contributed by atoms with Crippen LogP contribution in [0, 0.1) is 5.92 Å².